The van der Waals surface area contributed by atoms with E-state index in [1.807, 2.05) is 0 Å². The molecule has 0 aliphatic heterocycles. The normalized spacial score (nSPS) is 10.4. The maximum atomic E-state index is 12.9. The second kappa shape index (κ2) is 7.79. The van der Waals surface area contributed by atoms with Crippen molar-refractivity contribution in [3.8, 4) is 0 Å². The number of hydrogen-bond acceptors (Lipinski definition) is 3. The fourth-order valence-corrected chi connectivity index (χ4v) is 1.54. The molecule has 0 heterocycles. The zero-order valence-corrected chi connectivity index (χ0v) is 10.8. The summed E-state index contributed by atoms with van der Waals surface area (Å²) in [5, 5.41) is 5.89. The Morgan fingerprint density at radius 3 is 2.78 bits per heavy atom. The smallest absolute Gasteiger partial charge is 0.251 e. The van der Waals surface area contributed by atoms with Crippen molar-refractivity contribution in [3.63, 3.8) is 0 Å². The minimum absolute atomic E-state index is 0.180. The Balaban J connectivity index is 2.32. The first-order chi connectivity index (χ1) is 8.65. The van der Waals surface area contributed by atoms with Crippen molar-refractivity contribution in [1.82, 2.24) is 10.6 Å². The molecule has 0 bridgehead atoms. The first-order valence-corrected chi connectivity index (χ1v) is 5.89. The zero-order chi connectivity index (χ0) is 13.4. The van der Waals surface area contributed by atoms with Gasteiger partial charge >= 0.3 is 0 Å². The number of rotatable bonds is 7. The molecule has 2 N–H and O–H groups in total. The largest absolute Gasteiger partial charge is 0.383 e. The average molecular weight is 254 g/mol. The third kappa shape index (κ3) is 4.81. The Morgan fingerprint density at radius 1 is 1.33 bits per heavy atom. The SMILES string of the molecule is COCCNCCNC(=O)c1ccc(F)cc1C. The first-order valence-electron chi connectivity index (χ1n) is 5.89. The number of carbonyl (C=O) groups excluding carboxylic acids is 1. The molecule has 4 nitrogen and oxygen atoms in total. The van der Waals surface area contributed by atoms with Crippen LogP contribution in [0.5, 0.6) is 0 Å². The van der Waals surface area contributed by atoms with Crippen LogP contribution in [0, 0.1) is 12.7 Å². The van der Waals surface area contributed by atoms with Crippen molar-refractivity contribution in [2.75, 3.05) is 33.4 Å². The highest BCUT2D eigenvalue weighted by atomic mass is 19.1. The summed E-state index contributed by atoms with van der Waals surface area (Å²) in [5.74, 6) is -0.508. The molecule has 1 aromatic carbocycles. The number of ether oxygens (including phenoxy) is 1. The van der Waals surface area contributed by atoms with Crippen LogP contribution in [-0.4, -0.2) is 39.3 Å². The van der Waals surface area contributed by atoms with Crippen LogP contribution in [0.25, 0.3) is 0 Å². The van der Waals surface area contributed by atoms with Gasteiger partial charge in [0.15, 0.2) is 0 Å². The molecule has 0 saturated heterocycles. The van der Waals surface area contributed by atoms with Crippen LogP contribution < -0.4 is 10.6 Å². The van der Waals surface area contributed by atoms with Crippen LogP contribution in [0.2, 0.25) is 0 Å². The molecule has 100 valence electrons. The van der Waals surface area contributed by atoms with E-state index in [-0.39, 0.29) is 11.7 Å². The molecule has 5 heteroatoms. The van der Waals surface area contributed by atoms with Gasteiger partial charge in [0.05, 0.1) is 6.61 Å². The Kier molecular flexibility index (Phi) is 6.32. The van der Waals surface area contributed by atoms with Crippen molar-refractivity contribution in [2.24, 2.45) is 0 Å². The van der Waals surface area contributed by atoms with Gasteiger partial charge in [-0.2, -0.15) is 0 Å². The van der Waals surface area contributed by atoms with Crippen molar-refractivity contribution in [1.29, 1.82) is 0 Å². The molecule has 1 aromatic rings. The van der Waals surface area contributed by atoms with Gasteiger partial charge in [-0.05, 0) is 30.7 Å². The lowest BCUT2D eigenvalue weighted by Gasteiger charge is -2.08. The summed E-state index contributed by atoms with van der Waals surface area (Å²) >= 11 is 0. The topological polar surface area (TPSA) is 50.4 Å². The second-order valence-corrected chi connectivity index (χ2v) is 3.96. The van der Waals surface area contributed by atoms with Crippen LogP contribution in [0.1, 0.15) is 15.9 Å². The lowest BCUT2D eigenvalue weighted by molar-refractivity contribution is 0.0953. The number of methoxy groups -OCH3 is 1. The van der Waals surface area contributed by atoms with Gasteiger partial charge in [0.2, 0.25) is 0 Å². The summed E-state index contributed by atoms with van der Waals surface area (Å²) in [6.45, 7) is 4.32. The molecule has 0 aromatic heterocycles. The molecule has 0 unspecified atom stereocenters. The quantitative estimate of drug-likeness (QED) is 0.716. The Morgan fingerprint density at radius 2 is 2.11 bits per heavy atom. The molecule has 18 heavy (non-hydrogen) atoms. The van der Waals surface area contributed by atoms with Crippen molar-refractivity contribution in [2.45, 2.75) is 6.92 Å². The van der Waals surface area contributed by atoms with E-state index >= 15 is 0 Å². The van der Waals surface area contributed by atoms with Gasteiger partial charge in [0.1, 0.15) is 5.82 Å². The predicted octanol–water partition coefficient (Wildman–Crippen LogP) is 1.10. The number of nitrogens with one attached hydrogen (secondary N) is 2. The highest BCUT2D eigenvalue weighted by Crippen LogP contribution is 2.09. The number of halogens is 1. The number of aryl methyl sites for hydroxylation is 1. The third-order valence-electron chi connectivity index (χ3n) is 2.50. The molecule has 0 spiro atoms. The summed E-state index contributed by atoms with van der Waals surface area (Å²) in [5.41, 5.74) is 1.15. The molecule has 1 rings (SSSR count). The third-order valence-corrected chi connectivity index (χ3v) is 2.50. The summed E-state index contributed by atoms with van der Waals surface area (Å²) in [4.78, 5) is 11.8. The van der Waals surface area contributed by atoms with E-state index < -0.39 is 0 Å². The van der Waals surface area contributed by atoms with E-state index in [4.69, 9.17) is 4.74 Å². The first kappa shape index (κ1) is 14.6. The number of amides is 1. The van der Waals surface area contributed by atoms with Gasteiger partial charge in [-0.3, -0.25) is 4.79 Å². The Labute approximate surface area is 107 Å². The number of benzene rings is 1. The number of carbonyl (C=O) groups is 1. The molecule has 1 amide bonds. The molecule has 0 radical (unpaired) electrons. The molecule has 0 fully saturated rings. The van der Waals surface area contributed by atoms with Crippen LogP contribution in [0.3, 0.4) is 0 Å². The predicted molar refractivity (Wildman–Crippen MR) is 68.2 cm³/mol. The van der Waals surface area contributed by atoms with Crippen LogP contribution >= 0.6 is 0 Å². The molecular formula is C13H19FN2O2. The van der Waals surface area contributed by atoms with Crippen molar-refractivity contribution >= 4 is 5.91 Å². The fourth-order valence-electron chi connectivity index (χ4n) is 1.54. The Hall–Kier alpha value is -1.46. The summed E-state index contributed by atoms with van der Waals surface area (Å²) in [6, 6.07) is 4.14. The average Bonchev–Trinajstić information content (AvgIpc) is 2.33. The Bertz CT molecular complexity index is 397. The molecule has 0 aliphatic rings. The second-order valence-electron chi connectivity index (χ2n) is 3.96. The molecular weight excluding hydrogens is 235 g/mol. The van der Waals surface area contributed by atoms with Gasteiger partial charge in [-0.15, -0.1) is 0 Å². The van der Waals surface area contributed by atoms with E-state index in [0.29, 0.717) is 30.8 Å². The van der Waals surface area contributed by atoms with Gasteiger partial charge < -0.3 is 15.4 Å². The van der Waals surface area contributed by atoms with E-state index in [0.717, 1.165) is 6.54 Å². The van der Waals surface area contributed by atoms with E-state index in [1.54, 1.807) is 14.0 Å². The molecule has 0 saturated carbocycles. The summed E-state index contributed by atoms with van der Waals surface area (Å²) in [7, 11) is 1.64. The number of hydrogen-bond donors (Lipinski definition) is 2. The van der Waals surface area contributed by atoms with E-state index in [1.165, 1.54) is 18.2 Å². The minimum Gasteiger partial charge on any atom is -0.383 e. The monoisotopic (exact) mass is 254 g/mol. The standard InChI is InChI=1S/C13H19FN2O2/c1-10-9-11(14)3-4-12(10)13(17)16-6-5-15-7-8-18-2/h3-4,9,15H,5-8H2,1-2H3,(H,16,17). The maximum absolute atomic E-state index is 12.9. The van der Waals surface area contributed by atoms with Crippen LogP contribution in [0.15, 0.2) is 18.2 Å². The van der Waals surface area contributed by atoms with Crippen LogP contribution in [-0.2, 0) is 4.74 Å². The lowest BCUT2D eigenvalue weighted by atomic mass is 10.1. The van der Waals surface area contributed by atoms with Gasteiger partial charge in [0, 0.05) is 32.3 Å². The summed E-state index contributed by atoms with van der Waals surface area (Å²) < 4.78 is 17.8. The van der Waals surface area contributed by atoms with Gasteiger partial charge in [-0.25, -0.2) is 4.39 Å². The molecule has 0 atom stereocenters. The fraction of sp³-hybridized carbons (Fsp3) is 0.462. The summed E-state index contributed by atoms with van der Waals surface area (Å²) in [6.07, 6.45) is 0. The van der Waals surface area contributed by atoms with Crippen molar-refractivity contribution < 1.29 is 13.9 Å². The lowest BCUT2D eigenvalue weighted by Crippen LogP contribution is -2.33. The van der Waals surface area contributed by atoms with E-state index in [2.05, 4.69) is 10.6 Å². The highest BCUT2D eigenvalue weighted by Gasteiger charge is 2.08. The zero-order valence-electron chi connectivity index (χ0n) is 10.8. The van der Waals surface area contributed by atoms with E-state index in [9.17, 15) is 9.18 Å². The highest BCUT2D eigenvalue weighted by molar-refractivity contribution is 5.95. The van der Waals surface area contributed by atoms with Crippen LogP contribution in [0.4, 0.5) is 4.39 Å². The minimum atomic E-state index is -0.328. The van der Waals surface area contributed by atoms with Crippen molar-refractivity contribution in [3.05, 3.63) is 35.1 Å². The van der Waals surface area contributed by atoms with Gasteiger partial charge in [-0.1, -0.05) is 0 Å². The van der Waals surface area contributed by atoms with Gasteiger partial charge in [0.25, 0.3) is 5.91 Å². The maximum Gasteiger partial charge on any atom is 0.251 e. The molecule has 0 aliphatic carbocycles.